The van der Waals surface area contributed by atoms with Gasteiger partial charge in [0, 0.05) is 8.95 Å². The molecular formula is C16H15Br3O2. The Bertz CT molecular complexity index is 656. The molecule has 0 aliphatic carbocycles. The van der Waals surface area contributed by atoms with E-state index < -0.39 is 0 Å². The van der Waals surface area contributed by atoms with Crippen LogP contribution in [0.5, 0.6) is 11.5 Å². The maximum Gasteiger partial charge on any atom is 0.161 e. The van der Waals surface area contributed by atoms with Gasteiger partial charge in [0.05, 0.1) is 19.0 Å². The summed E-state index contributed by atoms with van der Waals surface area (Å²) in [7, 11) is 3.27. The van der Waals surface area contributed by atoms with Crippen LogP contribution in [0.25, 0.3) is 0 Å². The first-order chi connectivity index (χ1) is 9.97. The summed E-state index contributed by atoms with van der Waals surface area (Å²) in [6.07, 6.45) is 0. The van der Waals surface area contributed by atoms with Crippen LogP contribution in [0.1, 0.15) is 21.5 Å². The maximum atomic E-state index is 5.39. The third-order valence-electron chi connectivity index (χ3n) is 3.20. The molecule has 0 saturated heterocycles. The van der Waals surface area contributed by atoms with E-state index in [0.717, 1.165) is 14.5 Å². The molecule has 0 N–H and O–H groups in total. The number of benzene rings is 2. The molecule has 0 fully saturated rings. The highest BCUT2D eigenvalue weighted by Gasteiger charge is 2.19. The molecular weight excluding hydrogens is 464 g/mol. The summed E-state index contributed by atoms with van der Waals surface area (Å²) in [5.41, 5.74) is 3.47. The second-order valence-corrected chi connectivity index (χ2v) is 7.24. The number of ether oxygens (including phenoxy) is 2. The van der Waals surface area contributed by atoms with E-state index in [1.165, 1.54) is 11.1 Å². The fourth-order valence-corrected chi connectivity index (χ4v) is 4.49. The number of methoxy groups -OCH3 is 2. The van der Waals surface area contributed by atoms with Crippen molar-refractivity contribution in [2.24, 2.45) is 0 Å². The van der Waals surface area contributed by atoms with Crippen molar-refractivity contribution in [2.45, 2.75) is 11.8 Å². The average Bonchev–Trinajstić information content (AvgIpc) is 2.48. The minimum Gasteiger partial charge on any atom is -0.493 e. The molecule has 0 bridgehead atoms. The van der Waals surface area contributed by atoms with Crippen molar-refractivity contribution >= 4 is 47.8 Å². The van der Waals surface area contributed by atoms with E-state index in [-0.39, 0.29) is 4.83 Å². The number of rotatable bonds is 4. The van der Waals surface area contributed by atoms with Crippen molar-refractivity contribution in [3.05, 3.63) is 56.0 Å². The predicted molar refractivity (Wildman–Crippen MR) is 96.9 cm³/mol. The highest BCUT2D eigenvalue weighted by atomic mass is 79.9. The summed E-state index contributed by atoms with van der Waals surface area (Å²) in [6.45, 7) is 2.08. The van der Waals surface area contributed by atoms with Crippen molar-refractivity contribution in [3.63, 3.8) is 0 Å². The summed E-state index contributed by atoms with van der Waals surface area (Å²) < 4.78 is 12.7. The Hall–Kier alpha value is -0.520. The van der Waals surface area contributed by atoms with E-state index in [1.54, 1.807) is 14.2 Å². The molecule has 0 heterocycles. The largest absolute Gasteiger partial charge is 0.493 e. The van der Waals surface area contributed by atoms with Crippen molar-refractivity contribution < 1.29 is 9.47 Å². The molecule has 0 aliphatic heterocycles. The number of aryl methyl sites for hydroxylation is 1. The zero-order valence-corrected chi connectivity index (χ0v) is 16.7. The van der Waals surface area contributed by atoms with Gasteiger partial charge in [0.1, 0.15) is 0 Å². The van der Waals surface area contributed by atoms with Gasteiger partial charge in [-0.25, -0.2) is 0 Å². The number of hydrogen-bond donors (Lipinski definition) is 0. The molecule has 0 aromatic heterocycles. The van der Waals surface area contributed by atoms with Crippen LogP contribution in [-0.2, 0) is 0 Å². The normalized spacial score (nSPS) is 12.1. The average molecular weight is 479 g/mol. The van der Waals surface area contributed by atoms with Crippen LogP contribution >= 0.6 is 47.8 Å². The fourth-order valence-electron chi connectivity index (χ4n) is 2.09. The van der Waals surface area contributed by atoms with E-state index in [1.807, 2.05) is 12.1 Å². The van der Waals surface area contributed by atoms with Crippen LogP contribution in [0.3, 0.4) is 0 Å². The van der Waals surface area contributed by atoms with Gasteiger partial charge in [-0.2, -0.15) is 0 Å². The Morgan fingerprint density at radius 3 is 2.05 bits per heavy atom. The van der Waals surface area contributed by atoms with Gasteiger partial charge in [-0.1, -0.05) is 65.5 Å². The Morgan fingerprint density at radius 2 is 1.43 bits per heavy atom. The topological polar surface area (TPSA) is 18.5 Å². The molecule has 112 valence electrons. The minimum atomic E-state index is 0.0426. The van der Waals surface area contributed by atoms with Gasteiger partial charge in [0.2, 0.25) is 0 Å². The first-order valence-corrected chi connectivity index (χ1v) is 8.79. The van der Waals surface area contributed by atoms with Crippen LogP contribution in [0.2, 0.25) is 0 Å². The standard InChI is InChI=1S/C16H15Br3O2/c1-9-4-5-12(17)10(6-9)16(19)11-7-14(20-2)15(21-3)8-13(11)18/h4-8,16H,1-3H3. The third-order valence-corrected chi connectivity index (χ3v) is 5.60. The zero-order valence-electron chi connectivity index (χ0n) is 11.9. The lowest BCUT2D eigenvalue weighted by atomic mass is 10.0. The van der Waals surface area contributed by atoms with E-state index in [0.29, 0.717) is 11.5 Å². The number of alkyl halides is 1. The minimum absolute atomic E-state index is 0.0426. The van der Waals surface area contributed by atoms with Crippen molar-refractivity contribution in [3.8, 4) is 11.5 Å². The molecule has 1 unspecified atom stereocenters. The molecule has 1 atom stereocenters. The monoisotopic (exact) mass is 476 g/mol. The lowest BCUT2D eigenvalue weighted by Crippen LogP contribution is -1.99. The molecule has 2 rings (SSSR count). The van der Waals surface area contributed by atoms with Crippen molar-refractivity contribution in [1.82, 2.24) is 0 Å². The molecule has 0 spiro atoms. The lowest BCUT2D eigenvalue weighted by Gasteiger charge is -2.18. The summed E-state index contributed by atoms with van der Waals surface area (Å²) >= 11 is 11.0. The highest BCUT2D eigenvalue weighted by Crippen LogP contribution is 2.43. The quantitative estimate of drug-likeness (QED) is 0.500. The summed E-state index contributed by atoms with van der Waals surface area (Å²) in [4.78, 5) is 0.0426. The predicted octanol–water partition coefficient (Wildman–Crippen LogP) is 6.02. The van der Waals surface area contributed by atoms with Crippen LogP contribution in [0.15, 0.2) is 39.3 Å². The van der Waals surface area contributed by atoms with Gasteiger partial charge in [-0.3, -0.25) is 0 Å². The van der Waals surface area contributed by atoms with Crippen molar-refractivity contribution in [2.75, 3.05) is 14.2 Å². The van der Waals surface area contributed by atoms with E-state index in [9.17, 15) is 0 Å². The summed E-state index contributed by atoms with van der Waals surface area (Å²) in [5.74, 6) is 1.42. The lowest BCUT2D eigenvalue weighted by molar-refractivity contribution is 0.354. The van der Waals surface area contributed by atoms with Crippen molar-refractivity contribution in [1.29, 1.82) is 0 Å². The second-order valence-electron chi connectivity index (χ2n) is 4.62. The van der Waals surface area contributed by atoms with Gasteiger partial charge in [0.25, 0.3) is 0 Å². The maximum absolute atomic E-state index is 5.39. The molecule has 0 saturated carbocycles. The van der Waals surface area contributed by atoms with E-state index >= 15 is 0 Å². The molecule has 0 radical (unpaired) electrons. The summed E-state index contributed by atoms with van der Waals surface area (Å²) in [6, 6.07) is 10.2. The SMILES string of the molecule is COc1cc(Br)c(C(Br)c2cc(C)ccc2Br)cc1OC. The molecule has 0 amide bonds. The van der Waals surface area contributed by atoms with Gasteiger partial charge in [0.15, 0.2) is 11.5 Å². The summed E-state index contributed by atoms with van der Waals surface area (Å²) in [5, 5.41) is 0. The molecule has 2 aromatic carbocycles. The van der Waals surface area contributed by atoms with Crippen LogP contribution in [0, 0.1) is 6.92 Å². The van der Waals surface area contributed by atoms with E-state index in [2.05, 4.69) is 72.9 Å². The molecule has 2 nitrogen and oxygen atoms in total. The fraction of sp³-hybridized carbons (Fsp3) is 0.250. The van der Waals surface area contributed by atoms with Crippen LogP contribution < -0.4 is 9.47 Å². The van der Waals surface area contributed by atoms with Gasteiger partial charge < -0.3 is 9.47 Å². The van der Waals surface area contributed by atoms with E-state index in [4.69, 9.17) is 9.47 Å². The van der Waals surface area contributed by atoms with Crippen LogP contribution in [0.4, 0.5) is 0 Å². The Balaban J connectivity index is 2.52. The molecule has 5 heteroatoms. The third kappa shape index (κ3) is 3.63. The van der Waals surface area contributed by atoms with Gasteiger partial charge >= 0.3 is 0 Å². The molecule has 2 aromatic rings. The number of halogens is 3. The first kappa shape index (κ1) is 16.8. The smallest absolute Gasteiger partial charge is 0.161 e. The second kappa shape index (κ2) is 7.16. The highest BCUT2D eigenvalue weighted by molar-refractivity contribution is 9.11. The van der Waals surface area contributed by atoms with Gasteiger partial charge in [-0.15, -0.1) is 0 Å². The Labute approximate surface area is 150 Å². The Kier molecular flexibility index (Phi) is 5.74. The van der Waals surface area contributed by atoms with Gasteiger partial charge in [-0.05, 0) is 36.2 Å². The Morgan fingerprint density at radius 1 is 0.857 bits per heavy atom. The molecule has 21 heavy (non-hydrogen) atoms. The van der Waals surface area contributed by atoms with Crippen LogP contribution in [-0.4, -0.2) is 14.2 Å². The molecule has 0 aliphatic rings. The zero-order chi connectivity index (χ0) is 15.6. The first-order valence-electron chi connectivity index (χ1n) is 6.29. The number of hydrogen-bond acceptors (Lipinski definition) is 2.